The summed E-state index contributed by atoms with van der Waals surface area (Å²) in [6, 6.07) is 3.52. The highest BCUT2D eigenvalue weighted by molar-refractivity contribution is 5.88. The van der Waals surface area contributed by atoms with E-state index in [1.165, 1.54) is 6.26 Å². The van der Waals surface area contributed by atoms with Crippen molar-refractivity contribution in [2.45, 2.75) is 39.3 Å². The van der Waals surface area contributed by atoms with Crippen molar-refractivity contribution in [2.24, 2.45) is 5.92 Å². The molecule has 1 N–H and O–H groups in total. The molecule has 0 radical (unpaired) electrons. The van der Waals surface area contributed by atoms with Crippen LogP contribution in [0, 0.1) is 5.92 Å². The number of hydrogen-bond donors (Lipinski definition) is 1. The van der Waals surface area contributed by atoms with E-state index < -0.39 is 11.9 Å². The molecule has 2 amide bonds. The van der Waals surface area contributed by atoms with Crippen molar-refractivity contribution >= 4 is 17.8 Å². The number of carbonyl (C=O) groups excluding carboxylic acids is 3. The average molecular weight is 322 g/mol. The Morgan fingerprint density at radius 1 is 1.43 bits per heavy atom. The zero-order chi connectivity index (χ0) is 17.0. The van der Waals surface area contributed by atoms with Gasteiger partial charge in [0.2, 0.25) is 5.91 Å². The van der Waals surface area contributed by atoms with Crippen molar-refractivity contribution in [3.05, 3.63) is 24.2 Å². The first-order valence-corrected chi connectivity index (χ1v) is 7.52. The largest absolute Gasteiger partial charge is 0.467 e. The normalized spacial score (nSPS) is 18.1. The van der Waals surface area contributed by atoms with Gasteiger partial charge < -0.3 is 19.4 Å². The van der Waals surface area contributed by atoms with Gasteiger partial charge in [-0.05, 0) is 32.9 Å². The summed E-state index contributed by atoms with van der Waals surface area (Å²) in [5.74, 6) is -0.883. The van der Waals surface area contributed by atoms with E-state index >= 15 is 0 Å². The van der Waals surface area contributed by atoms with E-state index in [4.69, 9.17) is 9.15 Å². The van der Waals surface area contributed by atoms with Gasteiger partial charge in [-0.15, -0.1) is 0 Å². The molecular weight excluding hydrogens is 300 g/mol. The molecule has 0 saturated carbocycles. The number of rotatable bonds is 5. The van der Waals surface area contributed by atoms with Crippen molar-refractivity contribution < 1.29 is 23.5 Å². The van der Waals surface area contributed by atoms with Gasteiger partial charge >= 0.3 is 5.97 Å². The summed E-state index contributed by atoms with van der Waals surface area (Å²) in [4.78, 5) is 37.1. The highest BCUT2D eigenvalue weighted by Crippen LogP contribution is 2.21. The summed E-state index contributed by atoms with van der Waals surface area (Å²) in [5.41, 5.74) is -0.382. The number of ether oxygens (including phenoxy) is 1. The first-order valence-electron chi connectivity index (χ1n) is 7.52. The molecule has 1 aromatic rings. The van der Waals surface area contributed by atoms with E-state index in [1.807, 2.05) is 20.8 Å². The quantitative estimate of drug-likeness (QED) is 0.820. The lowest BCUT2D eigenvalue weighted by molar-refractivity contribution is -0.152. The molecule has 7 nitrogen and oxygen atoms in total. The molecule has 1 atom stereocenters. The topological polar surface area (TPSA) is 88.8 Å². The van der Waals surface area contributed by atoms with Gasteiger partial charge in [-0.2, -0.15) is 0 Å². The van der Waals surface area contributed by atoms with Crippen LogP contribution in [0.15, 0.2) is 22.8 Å². The Kier molecular flexibility index (Phi) is 5.08. The van der Waals surface area contributed by atoms with Gasteiger partial charge in [0, 0.05) is 18.5 Å². The SMILES string of the molecule is CC(C)(C)NC(=O)COC(=O)[C@H]1CC(=O)N(Cc2ccco2)C1. The molecule has 0 unspecified atom stereocenters. The molecule has 2 heterocycles. The fourth-order valence-corrected chi connectivity index (χ4v) is 2.38. The van der Waals surface area contributed by atoms with E-state index in [0.29, 0.717) is 12.3 Å². The molecule has 1 aliphatic heterocycles. The number of nitrogens with one attached hydrogen (secondary N) is 1. The molecule has 2 rings (SSSR count). The van der Waals surface area contributed by atoms with Crippen molar-refractivity contribution in [3.63, 3.8) is 0 Å². The number of furan rings is 1. The number of nitrogens with zero attached hydrogens (tertiary/aromatic N) is 1. The van der Waals surface area contributed by atoms with Gasteiger partial charge in [0.15, 0.2) is 6.61 Å². The standard InChI is InChI=1S/C16H22N2O5/c1-16(2,3)17-13(19)10-23-15(21)11-7-14(20)18(8-11)9-12-5-4-6-22-12/h4-6,11H,7-10H2,1-3H3,(H,17,19)/t11-/m0/s1. The second-order valence-electron chi connectivity index (χ2n) is 6.66. The van der Waals surface area contributed by atoms with Crippen LogP contribution < -0.4 is 5.32 Å². The molecule has 1 aromatic heterocycles. The lowest BCUT2D eigenvalue weighted by Crippen LogP contribution is -2.43. The predicted octanol–water partition coefficient (Wildman–Crippen LogP) is 1.09. The van der Waals surface area contributed by atoms with Gasteiger partial charge in [0.05, 0.1) is 18.7 Å². The fourth-order valence-electron chi connectivity index (χ4n) is 2.38. The smallest absolute Gasteiger partial charge is 0.311 e. The monoisotopic (exact) mass is 322 g/mol. The number of esters is 1. The minimum Gasteiger partial charge on any atom is -0.467 e. The Hall–Kier alpha value is -2.31. The number of carbonyl (C=O) groups is 3. The Labute approximate surface area is 135 Å². The summed E-state index contributed by atoms with van der Waals surface area (Å²) >= 11 is 0. The molecule has 7 heteroatoms. The zero-order valence-electron chi connectivity index (χ0n) is 13.6. The highest BCUT2D eigenvalue weighted by Gasteiger charge is 2.36. The maximum Gasteiger partial charge on any atom is 0.311 e. The molecule has 1 fully saturated rings. The van der Waals surface area contributed by atoms with Crippen LogP contribution in [0.5, 0.6) is 0 Å². The third-order valence-corrected chi connectivity index (χ3v) is 3.33. The lowest BCUT2D eigenvalue weighted by Gasteiger charge is -2.20. The summed E-state index contributed by atoms with van der Waals surface area (Å²) in [7, 11) is 0. The molecule has 0 aliphatic carbocycles. The summed E-state index contributed by atoms with van der Waals surface area (Å²) in [6.07, 6.45) is 1.63. The van der Waals surface area contributed by atoms with Crippen LogP contribution in [-0.4, -0.2) is 41.4 Å². The molecule has 0 spiro atoms. The molecule has 1 aliphatic rings. The van der Waals surface area contributed by atoms with Crippen LogP contribution in [0.4, 0.5) is 0 Å². The number of likely N-dealkylation sites (tertiary alicyclic amines) is 1. The predicted molar refractivity (Wildman–Crippen MR) is 81.1 cm³/mol. The lowest BCUT2D eigenvalue weighted by atomic mass is 10.1. The van der Waals surface area contributed by atoms with E-state index in [0.717, 1.165) is 0 Å². The molecule has 23 heavy (non-hydrogen) atoms. The van der Waals surface area contributed by atoms with E-state index in [9.17, 15) is 14.4 Å². The average Bonchev–Trinajstić information content (AvgIpc) is 3.05. The van der Waals surface area contributed by atoms with Crippen molar-refractivity contribution in [2.75, 3.05) is 13.2 Å². The van der Waals surface area contributed by atoms with Crippen molar-refractivity contribution in [1.82, 2.24) is 10.2 Å². The minimum absolute atomic E-state index is 0.0977. The van der Waals surface area contributed by atoms with Crippen LogP contribution in [0.2, 0.25) is 0 Å². The van der Waals surface area contributed by atoms with Gasteiger partial charge in [-0.1, -0.05) is 0 Å². The highest BCUT2D eigenvalue weighted by atomic mass is 16.5. The van der Waals surface area contributed by atoms with Crippen molar-refractivity contribution in [3.8, 4) is 0 Å². The van der Waals surface area contributed by atoms with Crippen LogP contribution >= 0.6 is 0 Å². The maximum atomic E-state index is 12.0. The second-order valence-corrected chi connectivity index (χ2v) is 6.66. The zero-order valence-corrected chi connectivity index (χ0v) is 13.6. The van der Waals surface area contributed by atoms with Crippen LogP contribution in [0.3, 0.4) is 0 Å². The van der Waals surface area contributed by atoms with Crippen LogP contribution in [0.25, 0.3) is 0 Å². The Morgan fingerprint density at radius 3 is 2.78 bits per heavy atom. The summed E-state index contributed by atoms with van der Waals surface area (Å²) in [6.45, 7) is 5.80. The van der Waals surface area contributed by atoms with Crippen LogP contribution in [-0.2, 0) is 25.7 Å². The molecular formula is C16H22N2O5. The molecule has 0 aromatic carbocycles. The minimum atomic E-state index is -0.542. The van der Waals surface area contributed by atoms with Gasteiger partial charge in [-0.25, -0.2) is 0 Å². The van der Waals surface area contributed by atoms with Gasteiger partial charge in [-0.3, -0.25) is 14.4 Å². The first-order chi connectivity index (χ1) is 10.7. The number of amides is 2. The Balaban J connectivity index is 1.80. The molecule has 126 valence electrons. The molecule has 0 bridgehead atoms. The van der Waals surface area contributed by atoms with Crippen LogP contribution in [0.1, 0.15) is 33.0 Å². The Bertz CT molecular complexity index is 574. The van der Waals surface area contributed by atoms with Gasteiger partial charge in [0.25, 0.3) is 5.91 Å². The second kappa shape index (κ2) is 6.85. The summed E-state index contributed by atoms with van der Waals surface area (Å²) in [5, 5.41) is 2.71. The first kappa shape index (κ1) is 17.1. The van der Waals surface area contributed by atoms with E-state index in [2.05, 4.69) is 5.32 Å². The Morgan fingerprint density at radius 2 is 2.17 bits per heavy atom. The third kappa shape index (κ3) is 5.12. The van der Waals surface area contributed by atoms with Crippen molar-refractivity contribution in [1.29, 1.82) is 0 Å². The van der Waals surface area contributed by atoms with E-state index in [-0.39, 0.29) is 36.9 Å². The third-order valence-electron chi connectivity index (χ3n) is 3.33. The van der Waals surface area contributed by atoms with E-state index in [1.54, 1.807) is 17.0 Å². The summed E-state index contributed by atoms with van der Waals surface area (Å²) < 4.78 is 10.2. The maximum absolute atomic E-state index is 12.0. The number of hydrogen-bond acceptors (Lipinski definition) is 5. The fraction of sp³-hybridized carbons (Fsp3) is 0.562. The van der Waals surface area contributed by atoms with Gasteiger partial charge in [0.1, 0.15) is 5.76 Å². The molecule has 1 saturated heterocycles.